The Bertz CT molecular complexity index is 351. The zero-order valence-corrected chi connectivity index (χ0v) is 8.63. The zero-order valence-electron chi connectivity index (χ0n) is 8.63. The summed E-state index contributed by atoms with van der Waals surface area (Å²) in [6, 6.07) is 8.27. The second-order valence-electron chi connectivity index (χ2n) is 3.98. The topological polar surface area (TPSA) is 29.1 Å². The van der Waals surface area contributed by atoms with Gasteiger partial charge >= 0.3 is 0 Å². The van der Waals surface area contributed by atoms with Crippen molar-refractivity contribution >= 4 is 5.91 Å². The summed E-state index contributed by atoms with van der Waals surface area (Å²) in [5, 5.41) is 2.82. The fraction of sp³-hybridized carbons (Fsp3) is 0.417. The van der Waals surface area contributed by atoms with E-state index in [1.807, 2.05) is 0 Å². The highest BCUT2D eigenvalue weighted by molar-refractivity contribution is 5.94. The van der Waals surface area contributed by atoms with Crippen molar-refractivity contribution in [3.8, 4) is 0 Å². The van der Waals surface area contributed by atoms with Crippen LogP contribution in [0.2, 0.25) is 0 Å². The predicted molar refractivity (Wildman–Crippen MR) is 56.2 cm³/mol. The largest absolute Gasteiger partial charge is 0.354 e. The first-order valence-electron chi connectivity index (χ1n) is 5.04. The molecule has 1 aliphatic heterocycles. The van der Waals surface area contributed by atoms with E-state index in [-0.39, 0.29) is 11.3 Å². The van der Waals surface area contributed by atoms with Gasteiger partial charge in [0.05, 0.1) is 5.41 Å². The van der Waals surface area contributed by atoms with Crippen LogP contribution in [0.15, 0.2) is 24.3 Å². The molecule has 1 atom stereocenters. The molecule has 1 aromatic carbocycles. The van der Waals surface area contributed by atoms with Crippen LogP contribution in [-0.2, 0) is 10.2 Å². The van der Waals surface area contributed by atoms with Crippen LogP contribution in [0.1, 0.15) is 24.5 Å². The van der Waals surface area contributed by atoms with Crippen molar-refractivity contribution in [1.29, 1.82) is 0 Å². The maximum atomic E-state index is 11.6. The molecule has 1 heterocycles. The lowest BCUT2D eigenvalue weighted by molar-refractivity contribution is -0.133. The van der Waals surface area contributed by atoms with Gasteiger partial charge in [0.25, 0.3) is 0 Å². The third-order valence-electron chi connectivity index (χ3n) is 3.19. The Hall–Kier alpha value is -1.31. The third kappa shape index (κ3) is 1.14. The molecule has 2 nitrogen and oxygen atoms in total. The van der Waals surface area contributed by atoms with Crippen LogP contribution in [0.4, 0.5) is 0 Å². The molecule has 1 N–H and O–H groups in total. The van der Waals surface area contributed by atoms with Crippen LogP contribution in [-0.4, -0.2) is 12.5 Å². The minimum absolute atomic E-state index is 0.170. The number of carbonyl (C=O) groups is 1. The summed E-state index contributed by atoms with van der Waals surface area (Å²) < 4.78 is 0. The van der Waals surface area contributed by atoms with E-state index in [0.717, 1.165) is 18.5 Å². The van der Waals surface area contributed by atoms with E-state index < -0.39 is 0 Å². The molecule has 2 rings (SSSR count). The van der Waals surface area contributed by atoms with Crippen LogP contribution in [0.3, 0.4) is 0 Å². The standard InChI is InChI=1S/C12H15NO/c1-3-12(8-13-11(12)14)10-6-4-9(2)5-7-10/h4-7H,3,8H2,1-2H3,(H,13,14). The van der Waals surface area contributed by atoms with Gasteiger partial charge < -0.3 is 5.32 Å². The Kier molecular flexibility index (Phi) is 2.06. The molecular formula is C12H15NO. The van der Waals surface area contributed by atoms with E-state index in [4.69, 9.17) is 0 Å². The molecule has 1 aromatic rings. The van der Waals surface area contributed by atoms with E-state index in [1.165, 1.54) is 5.56 Å². The predicted octanol–water partition coefficient (Wildman–Crippen LogP) is 1.77. The Morgan fingerprint density at radius 2 is 2.00 bits per heavy atom. The average Bonchev–Trinajstić information content (AvgIpc) is 2.20. The highest BCUT2D eigenvalue weighted by atomic mass is 16.2. The SMILES string of the molecule is CCC1(c2ccc(C)cc2)CNC1=O. The van der Waals surface area contributed by atoms with Gasteiger partial charge in [0.15, 0.2) is 0 Å². The van der Waals surface area contributed by atoms with Crippen LogP contribution in [0, 0.1) is 6.92 Å². The summed E-state index contributed by atoms with van der Waals surface area (Å²) in [6.45, 7) is 4.91. The molecule has 0 aliphatic carbocycles. The number of β-lactam (4-membered cyclic amide) rings is 1. The van der Waals surface area contributed by atoms with E-state index in [0.29, 0.717) is 0 Å². The quantitative estimate of drug-likeness (QED) is 0.706. The number of benzene rings is 1. The summed E-state index contributed by atoms with van der Waals surface area (Å²) >= 11 is 0. The first-order chi connectivity index (χ1) is 6.69. The maximum absolute atomic E-state index is 11.6. The van der Waals surface area contributed by atoms with Crippen molar-refractivity contribution in [2.45, 2.75) is 25.7 Å². The normalized spacial score (nSPS) is 25.4. The number of carbonyl (C=O) groups excluding carboxylic acids is 1. The molecule has 0 radical (unpaired) electrons. The Balaban J connectivity index is 2.37. The molecule has 1 amide bonds. The second-order valence-corrected chi connectivity index (χ2v) is 3.98. The lowest BCUT2D eigenvalue weighted by Crippen LogP contribution is -2.61. The van der Waals surface area contributed by atoms with E-state index in [2.05, 4.69) is 43.4 Å². The van der Waals surface area contributed by atoms with Crippen LogP contribution >= 0.6 is 0 Å². The Morgan fingerprint density at radius 3 is 2.36 bits per heavy atom. The number of hydrogen-bond acceptors (Lipinski definition) is 1. The van der Waals surface area contributed by atoms with E-state index >= 15 is 0 Å². The average molecular weight is 189 g/mol. The molecule has 1 fully saturated rings. The molecule has 1 unspecified atom stereocenters. The second kappa shape index (κ2) is 3.12. The highest BCUT2D eigenvalue weighted by Gasteiger charge is 2.45. The molecule has 1 saturated heterocycles. The molecule has 1 aliphatic rings. The molecule has 2 heteroatoms. The van der Waals surface area contributed by atoms with Gasteiger partial charge in [0, 0.05) is 6.54 Å². The van der Waals surface area contributed by atoms with Gasteiger partial charge in [0.1, 0.15) is 0 Å². The third-order valence-corrected chi connectivity index (χ3v) is 3.19. The number of amides is 1. The Labute approximate surface area is 84.3 Å². The van der Waals surface area contributed by atoms with Crippen molar-refractivity contribution in [3.05, 3.63) is 35.4 Å². The fourth-order valence-corrected chi connectivity index (χ4v) is 1.97. The summed E-state index contributed by atoms with van der Waals surface area (Å²) in [7, 11) is 0. The molecular weight excluding hydrogens is 174 g/mol. The lowest BCUT2D eigenvalue weighted by atomic mass is 9.72. The summed E-state index contributed by atoms with van der Waals surface area (Å²) in [5.41, 5.74) is 2.14. The first-order valence-corrected chi connectivity index (χ1v) is 5.04. The lowest BCUT2D eigenvalue weighted by Gasteiger charge is -2.40. The number of nitrogens with one attached hydrogen (secondary N) is 1. The van der Waals surface area contributed by atoms with Crippen molar-refractivity contribution in [2.24, 2.45) is 0 Å². The van der Waals surface area contributed by atoms with E-state index in [1.54, 1.807) is 0 Å². The zero-order chi connectivity index (χ0) is 10.2. The number of hydrogen-bond donors (Lipinski definition) is 1. The minimum atomic E-state index is -0.242. The first kappa shape index (κ1) is 9.25. The molecule has 0 bridgehead atoms. The van der Waals surface area contributed by atoms with Gasteiger partial charge in [-0.25, -0.2) is 0 Å². The molecule has 0 spiro atoms. The highest BCUT2D eigenvalue weighted by Crippen LogP contribution is 2.33. The van der Waals surface area contributed by atoms with Crippen molar-refractivity contribution < 1.29 is 4.79 Å². The van der Waals surface area contributed by atoms with Crippen molar-refractivity contribution in [2.75, 3.05) is 6.54 Å². The van der Waals surface area contributed by atoms with Crippen molar-refractivity contribution in [3.63, 3.8) is 0 Å². The van der Waals surface area contributed by atoms with Gasteiger partial charge in [-0.2, -0.15) is 0 Å². The minimum Gasteiger partial charge on any atom is -0.354 e. The number of aryl methyl sites for hydroxylation is 1. The molecule has 14 heavy (non-hydrogen) atoms. The van der Waals surface area contributed by atoms with Gasteiger partial charge in [-0.3, -0.25) is 4.79 Å². The monoisotopic (exact) mass is 189 g/mol. The number of rotatable bonds is 2. The van der Waals surface area contributed by atoms with Crippen LogP contribution in [0.5, 0.6) is 0 Å². The maximum Gasteiger partial charge on any atom is 0.232 e. The molecule has 0 aromatic heterocycles. The Morgan fingerprint density at radius 1 is 1.36 bits per heavy atom. The summed E-state index contributed by atoms with van der Waals surface area (Å²) in [6.07, 6.45) is 0.877. The molecule has 0 saturated carbocycles. The van der Waals surface area contributed by atoms with Crippen LogP contribution in [0.25, 0.3) is 0 Å². The van der Waals surface area contributed by atoms with Gasteiger partial charge in [-0.1, -0.05) is 36.8 Å². The summed E-state index contributed by atoms with van der Waals surface area (Å²) in [4.78, 5) is 11.6. The van der Waals surface area contributed by atoms with Crippen LogP contribution < -0.4 is 5.32 Å². The van der Waals surface area contributed by atoms with Crippen molar-refractivity contribution in [1.82, 2.24) is 5.32 Å². The van der Waals surface area contributed by atoms with Gasteiger partial charge in [-0.15, -0.1) is 0 Å². The molecule has 74 valence electrons. The smallest absolute Gasteiger partial charge is 0.232 e. The van der Waals surface area contributed by atoms with Gasteiger partial charge in [-0.05, 0) is 18.9 Å². The summed E-state index contributed by atoms with van der Waals surface area (Å²) in [5.74, 6) is 0.170. The fourth-order valence-electron chi connectivity index (χ4n) is 1.97. The van der Waals surface area contributed by atoms with E-state index in [9.17, 15) is 4.79 Å². The van der Waals surface area contributed by atoms with Gasteiger partial charge in [0.2, 0.25) is 5.91 Å².